The Bertz CT molecular complexity index is 1360. The summed E-state index contributed by atoms with van der Waals surface area (Å²) in [7, 11) is -3.68. The van der Waals surface area contributed by atoms with Crippen LogP contribution in [0, 0.1) is 0 Å². The number of nitrogens with one attached hydrogen (secondary N) is 1. The lowest BCUT2D eigenvalue weighted by Crippen LogP contribution is -2.42. The van der Waals surface area contributed by atoms with Gasteiger partial charge in [0.2, 0.25) is 0 Å². The number of aromatic nitrogens is 1. The lowest BCUT2D eigenvalue weighted by atomic mass is 10.0. The van der Waals surface area contributed by atoms with Crippen molar-refractivity contribution in [3.8, 4) is 0 Å². The van der Waals surface area contributed by atoms with Crippen LogP contribution in [-0.2, 0) is 14.6 Å². The zero-order chi connectivity index (χ0) is 22.7. The fourth-order valence-electron chi connectivity index (χ4n) is 3.59. The fraction of sp³-hybridized carbons (Fsp3) is 0.125. The summed E-state index contributed by atoms with van der Waals surface area (Å²) in [5.74, 6) is -2.31. The maximum atomic E-state index is 13.2. The summed E-state index contributed by atoms with van der Waals surface area (Å²) in [4.78, 5) is 29.7. The van der Waals surface area contributed by atoms with Crippen molar-refractivity contribution >= 4 is 43.5 Å². The first kappa shape index (κ1) is 21.5. The van der Waals surface area contributed by atoms with Crippen LogP contribution in [0.4, 0.5) is 0 Å². The van der Waals surface area contributed by atoms with Crippen LogP contribution in [0.3, 0.4) is 0 Å². The number of fused-ring (bicyclic) bond motifs is 2. The molecule has 0 radical (unpaired) electrons. The SMILES string of the molecule is O=C(N[C@@H](CCS(=O)(=O)c1ccccc1)C(=O)O)c1c2ccccc2nc2ccccc12. The van der Waals surface area contributed by atoms with E-state index in [4.69, 9.17) is 0 Å². The summed E-state index contributed by atoms with van der Waals surface area (Å²) in [6, 6.07) is 20.7. The normalized spacial score (nSPS) is 12.5. The van der Waals surface area contributed by atoms with Crippen LogP contribution in [0.2, 0.25) is 0 Å². The summed E-state index contributed by atoms with van der Waals surface area (Å²) < 4.78 is 25.1. The number of amides is 1. The molecule has 0 aliphatic carbocycles. The third kappa shape index (κ3) is 4.31. The molecule has 1 heterocycles. The van der Waals surface area contributed by atoms with Crippen LogP contribution < -0.4 is 5.32 Å². The molecule has 4 rings (SSSR count). The molecule has 0 aliphatic heterocycles. The van der Waals surface area contributed by atoms with Crippen molar-refractivity contribution in [2.75, 3.05) is 5.75 Å². The second-order valence-electron chi connectivity index (χ2n) is 7.31. The Kier molecular flexibility index (Phi) is 5.87. The van der Waals surface area contributed by atoms with Crippen molar-refractivity contribution in [1.29, 1.82) is 0 Å². The van der Waals surface area contributed by atoms with E-state index in [2.05, 4.69) is 10.3 Å². The zero-order valence-corrected chi connectivity index (χ0v) is 17.7. The molecule has 1 aromatic heterocycles. The van der Waals surface area contributed by atoms with Gasteiger partial charge in [-0.05, 0) is 30.7 Å². The van der Waals surface area contributed by atoms with E-state index in [-0.39, 0.29) is 11.3 Å². The van der Waals surface area contributed by atoms with Crippen molar-refractivity contribution in [1.82, 2.24) is 10.3 Å². The molecule has 4 aromatic rings. The zero-order valence-electron chi connectivity index (χ0n) is 16.9. The van der Waals surface area contributed by atoms with E-state index in [1.807, 2.05) is 0 Å². The molecule has 8 heteroatoms. The van der Waals surface area contributed by atoms with Gasteiger partial charge in [-0.25, -0.2) is 18.2 Å². The molecule has 2 N–H and O–H groups in total. The van der Waals surface area contributed by atoms with Gasteiger partial charge in [0.1, 0.15) is 6.04 Å². The number of rotatable bonds is 7. The van der Waals surface area contributed by atoms with Crippen LogP contribution in [-0.4, -0.2) is 42.2 Å². The van der Waals surface area contributed by atoms with E-state index in [1.165, 1.54) is 12.1 Å². The highest BCUT2D eigenvalue weighted by atomic mass is 32.2. The summed E-state index contributed by atoms with van der Waals surface area (Å²) in [5.41, 5.74) is 1.52. The second kappa shape index (κ2) is 8.76. The van der Waals surface area contributed by atoms with Gasteiger partial charge in [0.15, 0.2) is 9.84 Å². The van der Waals surface area contributed by atoms with Crippen LogP contribution in [0.1, 0.15) is 16.8 Å². The molecule has 7 nitrogen and oxygen atoms in total. The van der Waals surface area contributed by atoms with E-state index in [0.29, 0.717) is 27.4 Å². The molecule has 1 amide bonds. The van der Waals surface area contributed by atoms with Crippen molar-refractivity contribution in [3.05, 3.63) is 84.4 Å². The van der Waals surface area contributed by atoms with Gasteiger partial charge >= 0.3 is 5.97 Å². The quantitative estimate of drug-likeness (QED) is 0.419. The number of hydrogen-bond acceptors (Lipinski definition) is 5. The summed E-state index contributed by atoms with van der Waals surface area (Å²) in [5, 5.41) is 13.3. The molecule has 1 atom stereocenters. The van der Waals surface area contributed by atoms with Crippen molar-refractivity contribution in [3.63, 3.8) is 0 Å². The third-order valence-electron chi connectivity index (χ3n) is 5.20. The van der Waals surface area contributed by atoms with Gasteiger partial charge in [0.25, 0.3) is 5.91 Å². The van der Waals surface area contributed by atoms with E-state index >= 15 is 0 Å². The lowest BCUT2D eigenvalue weighted by molar-refractivity contribution is -0.139. The molecule has 0 saturated carbocycles. The fourth-order valence-corrected chi connectivity index (χ4v) is 4.94. The number of carboxylic acids is 1. The van der Waals surface area contributed by atoms with Gasteiger partial charge in [-0.3, -0.25) is 4.79 Å². The number of nitrogens with zero attached hydrogens (tertiary/aromatic N) is 1. The number of para-hydroxylation sites is 2. The minimum absolute atomic E-state index is 0.113. The molecule has 0 fully saturated rings. The summed E-state index contributed by atoms with van der Waals surface area (Å²) in [6.07, 6.45) is -0.265. The average molecular weight is 449 g/mol. The molecular formula is C24H20N2O5S. The minimum Gasteiger partial charge on any atom is -0.480 e. The highest BCUT2D eigenvalue weighted by molar-refractivity contribution is 7.91. The maximum absolute atomic E-state index is 13.2. The van der Waals surface area contributed by atoms with Gasteiger partial charge in [-0.1, -0.05) is 54.6 Å². The first-order valence-corrected chi connectivity index (χ1v) is 11.6. The lowest BCUT2D eigenvalue weighted by Gasteiger charge is -2.17. The van der Waals surface area contributed by atoms with Crippen LogP contribution in [0.15, 0.2) is 83.8 Å². The van der Waals surface area contributed by atoms with E-state index in [0.717, 1.165) is 0 Å². The predicted molar refractivity (Wildman–Crippen MR) is 121 cm³/mol. The van der Waals surface area contributed by atoms with Crippen LogP contribution >= 0.6 is 0 Å². The van der Waals surface area contributed by atoms with Crippen molar-refractivity contribution < 1.29 is 23.1 Å². The number of sulfone groups is 1. The highest BCUT2D eigenvalue weighted by Crippen LogP contribution is 2.26. The molecule has 0 saturated heterocycles. The Morgan fingerprint density at radius 2 is 1.38 bits per heavy atom. The Labute approximate surface area is 184 Å². The molecular weight excluding hydrogens is 428 g/mol. The van der Waals surface area contributed by atoms with Gasteiger partial charge < -0.3 is 10.4 Å². The maximum Gasteiger partial charge on any atom is 0.326 e. The van der Waals surface area contributed by atoms with Gasteiger partial charge in [-0.2, -0.15) is 0 Å². The largest absolute Gasteiger partial charge is 0.480 e. The topological polar surface area (TPSA) is 113 Å². The molecule has 3 aromatic carbocycles. The molecule has 0 spiro atoms. The van der Waals surface area contributed by atoms with Crippen LogP contribution in [0.25, 0.3) is 21.8 Å². The molecule has 32 heavy (non-hydrogen) atoms. The van der Waals surface area contributed by atoms with Gasteiger partial charge in [0, 0.05) is 10.8 Å². The second-order valence-corrected chi connectivity index (χ2v) is 9.42. The Hall–Kier alpha value is -3.78. The van der Waals surface area contributed by atoms with Gasteiger partial charge in [-0.15, -0.1) is 0 Å². The van der Waals surface area contributed by atoms with E-state index in [9.17, 15) is 23.1 Å². The number of carbonyl (C=O) groups is 2. The molecule has 0 bridgehead atoms. The van der Waals surface area contributed by atoms with Crippen molar-refractivity contribution in [2.24, 2.45) is 0 Å². The Morgan fingerprint density at radius 3 is 1.94 bits per heavy atom. The van der Waals surface area contributed by atoms with E-state index < -0.39 is 33.5 Å². The van der Waals surface area contributed by atoms with E-state index in [1.54, 1.807) is 66.7 Å². The van der Waals surface area contributed by atoms with Crippen molar-refractivity contribution in [2.45, 2.75) is 17.4 Å². The number of carboxylic acid groups (broad SMARTS) is 1. The minimum atomic E-state index is -3.68. The standard InChI is InChI=1S/C24H20N2O5S/c27-23(22-17-10-4-6-12-19(17)25-20-13-7-5-11-18(20)22)26-21(24(28)29)14-15-32(30,31)16-8-2-1-3-9-16/h1-13,21H,14-15H2,(H,26,27)(H,28,29)/t21-/m0/s1. The van der Waals surface area contributed by atoms with Gasteiger partial charge in [0.05, 0.1) is 27.2 Å². The smallest absolute Gasteiger partial charge is 0.326 e. The third-order valence-corrected chi connectivity index (χ3v) is 6.96. The monoisotopic (exact) mass is 448 g/mol. The van der Waals surface area contributed by atoms with Crippen LogP contribution in [0.5, 0.6) is 0 Å². The number of hydrogen-bond donors (Lipinski definition) is 2. The Morgan fingerprint density at radius 1 is 0.844 bits per heavy atom. The number of aliphatic carboxylic acids is 1. The molecule has 0 aliphatic rings. The highest BCUT2D eigenvalue weighted by Gasteiger charge is 2.26. The molecule has 0 unspecified atom stereocenters. The summed E-state index contributed by atoms with van der Waals surface area (Å²) in [6.45, 7) is 0. The Balaban J connectivity index is 1.64. The number of pyridine rings is 1. The first-order chi connectivity index (χ1) is 15.4. The average Bonchev–Trinajstić information content (AvgIpc) is 2.80. The molecule has 162 valence electrons. The number of carbonyl (C=O) groups excluding carboxylic acids is 1. The number of benzene rings is 3. The predicted octanol–water partition coefficient (Wildman–Crippen LogP) is 3.44. The first-order valence-electron chi connectivity index (χ1n) is 9.96. The summed E-state index contributed by atoms with van der Waals surface area (Å²) >= 11 is 0.